The second-order valence-electron chi connectivity index (χ2n) is 6.03. The maximum atomic E-state index is 12.8. The standard InChI is InChI=1S/C16H22F3NO/c17-16(18,19)10-14(13-6-2-1-3-7-13)20-11-15(12-21)8-4-5-9-15/h1-3,6-7,14,20-21H,4-5,8-12H2. The Morgan fingerprint density at radius 2 is 1.76 bits per heavy atom. The number of aliphatic hydroxyl groups excluding tert-OH is 1. The monoisotopic (exact) mass is 301 g/mol. The second-order valence-corrected chi connectivity index (χ2v) is 6.03. The van der Waals surface area contributed by atoms with Crippen molar-refractivity contribution in [2.24, 2.45) is 5.41 Å². The van der Waals surface area contributed by atoms with E-state index in [-0.39, 0.29) is 12.0 Å². The number of nitrogens with one attached hydrogen (secondary N) is 1. The van der Waals surface area contributed by atoms with Gasteiger partial charge < -0.3 is 10.4 Å². The average molecular weight is 301 g/mol. The molecule has 0 amide bonds. The van der Waals surface area contributed by atoms with Crippen LogP contribution in [-0.2, 0) is 0 Å². The van der Waals surface area contributed by atoms with Gasteiger partial charge in [-0.3, -0.25) is 0 Å². The molecular weight excluding hydrogens is 279 g/mol. The van der Waals surface area contributed by atoms with Gasteiger partial charge >= 0.3 is 6.18 Å². The predicted octanol–water partition coefficient (Wildman–Crippen LogP) is 3.82. The molecule has 0 aromatic heterocycles. The quantitative estimate of drug-likeness (QED) is 0.837. The molecule has 1 aromatic rings. The van der Waals surface area contributed by atoms with Gasteiger partial charge in [0.25, 0.3) is 0 Å². The summed E-state index contributed by atoms with van der Waals surface area (Å²) in [6.07, 6.45) is -1.27. The molecule has 2 rings (SSSR count). The molecule has 1 fully saturated rings. The van der Waals surface area contributed by atoms with Crippen LogP contribution in [0.3, 0.4) is 0 Å². The van der Waals surface area contributed by atoms with E-state index in [1.54, 1.807) is 30.3 Å². The van der Waals surface area contributed by atoms with E-state index in [4.69, 9.17) is 0 Å². The minimum Gasteiger partial charge on any atom is -0.396 e. The molecule has 0 spiro atoms. The molecule has 0 aliphatic heterocycles. The summed E-state index contributed by atoms with van der Waals surface area (Å²) < 4.78 is 38.3. The fourth-order valence-corrected chi connectivity index (χ4v) is 3.08. The lowest BCUT2D eigenvalue weighted by Crippen LogP contribution is -2.38. The van der Waals surface area contributed by atoms with Crippen LogP contribution in [0.5, 0.6) is 0 Å². The van der Waals surface area contributed by atoms with Gasteiger partial charge in [0, 0.05) is 24.6 Å². The van der Waals surface area contributed by atoms with E-state index in [0.29, 0.717) is 12.1 Å². The number of benzene rings is 1. The molecule has 1 atom stereocenters. The first kappa shape index (κ1) is 16.3. The van der Waals surface area contributed by atoms with Crippen molar-refractivity contribution in [1.82, 2.24) is 5.32 Å². The van der Waals surface area contributed by atoms with Crippen molar-refractivity contribution in [1.29, 1.82) is 0 Å². The third-order valence-electron chi connectivity index (χ3n) is 4.36. The number of aliphatic hydroxyl groups is 1. The molecule has 0 heterocycles. The van der Waals surface area contributed by atoms with Gasteiger partial charge in [-0.2, -0.15) is 13.2 Å². The Bertz CT molecular complexity index is 427. The molecule has 1 saturated carbocycles. The molecule has 1 aliphatic carbocycles. The van der Waals surface area contributed by atoms with Gasteiger partial charge in [0.2, 0.25) is 0 Å². The fourth-order valence-electron chi connectivity index (χ4n) is 3.08. The summed E-state index contributed by atoms with van der Waals surface area (Å²) >= 11 is 0. The zero-order chi connectivity index (χ0) is 15.3. The number of alkyl halides is 3. The Morgan fingerprint density at radius 1 is 1.14 bits per heavy atom. The Morgan fingerprint density at radius 3 is 2.29 bits per heavy atom. The summed E-state index contributed by atoms with van der Waals surface area (Å²) in [4.78, 5) is 0. The fraction of sp³-hybridized carbons (Fsp3) is 0.625. The van der Waals surface area contributed by atoms with E-state index in [9.17, 15) is 18.3 Å². The number of hydrogen-bond acceptors (Lipinski definition) is 2. The molecular formula is C16H22F3NO. The minimum absolute atomic E-state index is 0.0352. The van der Waals surface area contributed by atoms with Gasteiger partial charge in [-0.15, -0.1) is 0 Å². The maximum absolute atomic E-state index is 12.8. The highest BCUT2D eigenvalue weighted by Crippen LogP contribution is 2.38. The molecule has 2 N–H and O–H groups in total. The van der Waals surface area contributed by atoms with Crippen LogP contribution >= 0.6 is 0 Å². The van der Waals surface area contributed by atoms with Crippen LogP contribution < -0.4 is 5.32 Å². The highest BCUT2D eigenvalue weighted by atomic mass is 19.4. The molecule has 1 aromatic carbocycles. The van der Waals surface area contributed by atoms with Crippen molar-refractivity contribution in [2.75, 3.05) is 13.2 Å². The Labute approximate surface area is 123 Å². The topological polar surface area (TPSA) is 32.3 Å². The van der Waals surface area contributed by atoms with Crippen molar-refractivity contribution < 1.29 is 18.3 Å². The van der Waals surface area contributed by atoms with Gasteiger partial charge in [0.15, 0.2) is 0 Å². The number of halogens is 3. The van der Waals surface area contributed by atoms with Gasteiger partial charge in [-0.25, -0.2) is 0 Å². The first-order chi connectivity index (χ1) is 9.94. The van der Waals surface area contributed by atoms with Gasteiger partial charge in [-0.05, 0) is 18.4 Å². The van der Waals surface area contributed by atoms with Crippen LogP contribution in [0.2, 0.25) is 0 Å². The van der Waals surface area contributed by atoms with Crippen molar-refractivity contribution in [3.05, 3.63) is 35.9 Å². The molecule has 1 aliphatic rings. The summed E-state index contributed by atoms with van der Waals surface area (Å²) in [5.41, 5.74) is 0.388. The van der Waals surface area contributed by atoms with E-state index >= 15 is 0 Å². The summed E-state index contributed by atoms with van der Waals surface area (Å²) in [5.74, 6) is 0. The van der Waals surface area contributed by atoms with E-state index in [1.165, 1.54) is 0 Å². The Hall–Kier alpha value is -1.07. The molecule has 0 saturated heterocycles. The highest BCUT2D eigenvalue weighted by Gasteiger charge is 2.36. The van der Waals surface area contributed by atoms with Gasteiger partial charge in [0.1, 0.15) is 0 Å². The SMILES string of the molecule is OCC1(CNC(CC(F)(F)F)c2ccccc2)CCCC1. The van der Waals surface area contributed by atoms with Crippen LogP contribution in [0.4, 0.5) is 13.2 Å². The lowest BCUT2D eigenvalue weighted by atomic mass is 9.86. The Kier molecular flexibility index (Phi) is 5.27. The Balaban J connectivity index is 2.06. The minimum atomic E-state index is -4.21. The summed E-state index contributed by atoms with van der Waals surface area (Å²) in [6, 6.07) is 7.96. The summed E-state index contributed by atoms with van der Waals surface area (Å²) in [7, 11) is 0. The van der Waals surface area contributed by atoms with Crippen LogP contribution in [0.1, 0.15) is 43.7 Å². The van der Waals surface area contributed by atoms with Crippen molar-refractivity contribution in [2.45, 2.75) is 44.3 Å². The molecule has 21 heavy (non-hydrogen) atoms. The van der Waals surface area contributed by atoms with Crippen molar-refractivity contribution >= 4 is 0 Å². The van der Waals surface area contributed by atoms with Crippen molar-refractivity contribution in [3.8, 4) is 0 Å². The molecule has 118 valence electrons. The molecule has 0 radical (unpaired) electrons. The lowest BCUT2D eigenvalue weighted by molar-refractivity contribution is -0.140. The molecule has 0 bridgehead atoms. The lowest BCUT2D eigenvalue weighted by Gasteiger charge is -2.30. The highest BCUT2D eigenvalue weighted by molar-refractivity contribution is 5.19. The molecule has 2 nitrogen and oxygen atoms in total. The predicted molar refractivity (Wildman–Crippen MR) is 75.8 cm³/mol. The summed E-state index contributed by atoms with van der Waals surface area (Å²) in [6.45, 7) is 0.465. The third kappa shape index (κ3) is 4.71. The maximum Gasteiger partial charge on any atom is 0.390 e. The summed E-state index contributed by atoms with van der Waals surface area (Å²) in [5, 5.41) is 12.6. The second kappa shape index (κ2) is 6.79. The van der Waals surface area contributed by atoms with Crippen molar-refractivity contribution in [3.63, 3.8) is 0 Å². The van der Waals surface area contributed by atoms with E-state index in [0.717, 1.165) is 25.7 Å². The van der Waals surface area contributed by atoms with Gasteiger partial charge in [0.05, 0.1) is 6.42 Å². The normalized spacial score (nSPS) is 19.6. The van der Waals surface area contributed by atoms with Crippen LogP contribution in [0.25, 0.3) is 0 Å². The van der Waals surface area contributed by atoms with Crippen LogP contribution in [0, 0.1) is 5.41 Å². The largest absolute Gasteiger partial charge is 0.396 e. The number of rotatable bonds is 6. The third-order valence-corrected chi connectivity index (χ3v) is 4.36. The van der Waals surface area contributed by atoms with E-state index in [2.05, 4.69) is 5.32 Å². The van der Waals surface area contributed by atoms with Crippen LogP contribution in [0.15, 0.2) is 30.3 Å². The number of hydrogen-bond donors (Lipinski definition) is 2. The van der Waals surface area contributed by atoms with Crippen LogP contribution in [-0.4, -0.2) is 24.4 Å². The first-order valence-corrected chi connectivity index (χ1v) is 7.40. The zero-order valence-electron chi connectivity index (χ0n) is 12.0. The van der Waals surface area contributed by atoms with Gasteiger partial charge in [-0.1, -0.05) is 43.2 Å². The van der Waals surface area contributed by atoms with E-state index < -0.39 is 18.6 Å². The smallest absolute Gasteiger partial charge is 0.390 e. The first-order valence-electron chi connectivity index (χ1n) is 7.40. The van der Waals surface area contributed by atoms with E-state index in [1.807, 2.05) is 0 Å². The molecule has 1 unspecified atom stereocenters. The molecule has 5 heteroatoms. The zero-order valence-corrected chi connectivity index (χ0v) is 12.0. The average Bonchev–Trinajstić information content (AvgIpc) is 2.93.